The van der Waals surface area contributed by atoms with Crippen molar-refractivity contribution in [2.45, 2.75) is 19.8 Å². The van der Waals surface area contributed by atoms with Crippen LogP contribution in [0.2, 0.25) is 0 Å². The van der Waals surface area contributed by atoms with Crippen LogP contribution in [0, 0.1) is 0 Å². The minimum Gasteiger partial charge on any atom is -0.504 e. The number of aromatic nitrogens is 1. The van der Waals surface area contributed by atoms with Crippen molar-refractivity contribution in [1.29, 1.82) is 0 Å². The number of fused-ring (bicyclic) bond motifs is 1. The van der Waals surface area contributed by atoms with E-state index in [-0.39, 0.29) is 17.2 Å². The van der Waals surface area contributed by atoms with Crippen LogP contribution in [0.25, 0.3) is 11.6 Å². The van der Waals surface area contributed by atoms with Crippen LogP contribution in [-0.2, 0) is 0 Å². The van der Waals surface area contributed by atoms with Crippen LogP contribution in [0.4, 0.5) is 17.4 Å². The molecule has 0 bridgehead atoms. The third-order valence-corrected chi connectivity index (χ3v) is 4.67. The van der Waals surface area contributed by atoms with Crippen molar-refractivity contribution in [1.82, 2.24) is 4.98 Å². The smallest absolute Gasteiger partial charge is 0.345 e. The van der Waals surface area contributed by atoms with Crippen LogP contribution in [0.5, 0.6) is 5.75 Å². The highest BCUT2D eigenvalue weighted by atomic mass is 16.4. The zero-order valence-corrected chi connectivity index (χ0v) is 15.9. The summed E-state index contributed by atoms with van der Waals surface area (Å²) < 4.78 is 5.67. The highest BCUT2D eigenvalue weighted by molar-refractivity contribution is 6.21. The normalized spacial score (nSPS) is 13.8. The van der Waals surface area contributed by atoms with Crippen molar-refractivity contribution >= 4 is 41.2 Å². The van der Waals surface area contributed by atoms with Gasteiger partial charge in [-0.05, 0) is 41.8 Å². The fourth-order valence-electron chi connectivity index (χ4n) is 3.09. The minimum absolute atomic E-state index is 0.0295. The first-order valence-electron chi connectivity index (χ1n) is 9.11. The van der Waals surface area contributed by atoms with E-state index in [0.717, 1.165) is 11.1 Å². The SMILES string of the molecule is CC(C)c1ccc(Nc2oc(C=C3C=Nc4ncccc43)c(O)c2C(=O)O)cc1. The number of aromatic carboxylic acids is 1. The molecule has 0 radical (unpaired) electrons. The van der Waals surface area contributed by atoms with Gasteiger partial charge < -0.3 is 19.9 Å². The van der Waals surface area contributed by atoms with Gasteiger partial charge in [0.05, 0.1) is 0 Å². The molecule has 0 amide bonds. The molecular weight excluding hydrogens is 370 g/mol. The van der Waals surface area contributed by atoms with Crippen LogP contribution in [0.15, 0.2) is 52.0 Å². The molecule has 7 heteroatoms. The van der Waals surface area contributed by atoms with E-state index in [1.165, 1.54) is 0 Å². The van der Waals surface area contributed by atoms with Crippen molar-refractivity contribution in [2.75, 3.05) is 5.32 Å². The number of furan rings is 1. The molecule has 1 aromatic carbocycles. The third kappa shape index (κ3) is 3.50. The number of rotatable bonds is 5. The molecular formula is C22H19N3O4. The molecule has 0 spiro atoms. The van der Waals surface area contributed by atoms with Gasteiger partial charge >= 0.3 is 5.97 Å². The Hall–Kier alpha value is -3.87. The van der Waals surface area contributed by atoms with E-state index in [2.05, 4.69) is 29.1 Å². The number of allylic oxidation sites excluding steroid dienone is 1. The summed E-state index contributed by atoms with van der Waals surface area (Å²) in [5.41, 5.74) is 2.93. The number of hydrogen-bond donors (Lipinski definition) is 3. The maximum Gasteiger partial charge on any atom is 0.345 e. The fraction of sp³-hybridized carbons (Fsp3) is 0.136. The lowest BCUT2D eigenvalue weighted by atomic mass is 10.0. The number of pyridine rings is 1. The van der Waals surface area contributed by atoms with Gasteiger partial charge in [-0.25, -0.2) is 14.8 Å². The molecule has 29 heavy (non-hydrogen) atoms. The molecule has 0 unspecified atom stereocenters. The highest BCUT2D eigenvalue weighted by Gasteiger charge is 2.26. The summed E-state index contributed by atoms with van der Waals surface area (Å²) in [4.78, 5) is 20.1. The standard InChI is InChI=1S/C22H19N3O4/c1-12(2)13-5-7-15(8-6-13)25-21-18(22(27)28)19(26)17(29-21)10-14-11-24-20-16(14)4-3-9-23-20/h3-12,25-26H,1-2H3,(H,27,28). The van der Waals surface area contributed by atoms with Crippen molar-refractivity contribution in [2.24, 2.45) is 4.99 Å². The number of carbonyl (C=O) groups is 1. The van der Waals surface area contributed by atoms with Gasteiger partial charge in [0.2, 0.25) is 5.88 Å². The third-order valence-electron chi connectivity index (χ3n) is 4.67. The average molecular weight is 389 g/mol. The Balaban J connectivity index is 1.70. The molecule has 3 N–H and O–H groups in total. The minimum atomic E-state index is -1.29. The number of carboxylic acids is 1. The number of aromatic hydroxyl groups is 1. The lowest BCUT2D eigenvalue weighted by molar-refractivity contribution is 0.0695. The van der Waals surface area contributed by atoms with E-state index >= 15 is 0 Å². The molecule has 0 aliphatic carbocycles. The number of carboxylic acid groups (broad SMARTS) is 1. The second kappa shape index (κ2) is 7.27. The van der Waals surface area contributed by atoms with Crippen molar-refractivity contribution in [3.05, 3.63) is 65.0 Å². The Morgan fingerprint density at radius 1 is 1.21 bits per heavy atom. The van der Waals surface area contributed by atoms with Crippen LogP contribution in [-0.4, -0.2) is 27.4 Å². The number of benzene rings is 1. The van der Waals surface area contributed by atoms with E-state index in [1.807, 2.05) is 30.3 Å². The van der Waals surface area contributed by atoms with Crippen molar-refractivity contribution in [3.63, 3.8) is 0 Å². The molecule has 0 atom stereocenters. The first-order chi connectivity index (χ1) is 13.9. The van der Waals surface area contributed by atoms with Gasteiger partial charge in [-0.15, -0.1) is 0 Å². The van der Waals surface area contributed by atoms with Gasteiger partial charge in [0.15, 0.2) is 22.9 Å². The van der Waals surface area contributed by atoms with Crippen molar-refractivity contribution < 1.29 is 19.4 Å². The van der Waals surface area contributed by atoms with E-state index in [0.29, 0.717) is 23.0 Å². The molecule has 2 aromatic heterocycles. The van der Waals surface area contributed by atoms with Crippen LogP contribution >= 0.6 is 0 Å². The Bertz CT molecular complexity index is 1140. The molecule has 7 nitrogen and oxygen atoms in total. The van der Waals surface area contributed by atoms with Gasteiger partial charge in [-0.1, -0.05) is 26.0 Å². The number of aliphatic imine (C=N–C) groups is 1. The first-order valence-corrected chi connectivity index (χ1v) is 9.11. The number of anilines is 2. The summed E-state index contributed by atoms with van der Waals surface area (Å²) in [6.07, 6.45) is 4.78. The summed E-state index contributed by atoms with van der Waals surface area (Å²) in [6, 6.07) is 11.2. The Morgan fingerprint density at radius 3 is 2.66 bits per heavy atom. The second-order valence-electron chi connectivity index (χ2n) is 6.96. The zero-order valence-electron chi connectivity index (χ0n) is 15.9. The molecule has 3 heterocycles. The lowest BCUT2D eigenvalue weighted by Crippen LogP contribution is -2.00. The van der Waals surface area contributed by atoms with E-state index in [4.69, 9.17) is 4.42 Å². The molecule has 1 aliphatic rings. The topological polar surface area (TPSA) is 108 Å². The van der Waals surface area contributed by atoms with Gasteiger partial charge in [-0.3, -0.25) is 0 Å². The zero-order chi connectivity index (χ0) is 20.5. The van der Waals surface area contributed by atoms with E-state index < -0.39 is 11.7 Å². The van der Waals surface area contributed by atoms with Gasteiger partial charge in [0.25, 0.3) is 0 Å². The van der Waals surface area contributed by atoms with Gasteiger partial charge in [-0.2, -0.15) is 0 Å². The molecule has 4 rings (SSSR count). The molecule has 146 valence electrons. The second-order valence-corrected chi connectivity index (χ2v) is 6.96. The number of hydrogen-bond acceptors (Lipinski definition) is 6. The lowest BCUT2D eigenvalue weighted by Gasteiger charge is -2.08. The molecule has 0 saturated carbocycles. The first kappa shape index (κ1) is 18.5. The fourth-order valence-corrected chi connectivity index (χ4v) is 3.09. The Labute approximate surface area is 167 Å². The maximum atomic E-state index is 11.7. The molecule has 3 aromatic rings. The summed E-state index contributed by atoms with van der Waals surface area (Å²) in [5.74, 6) is -0.805. The molecule has 0 fully saturated rings. The van der Waals surface area contributed by atoms with Crippen LogP contribution < -0.4 is 5.32 Å². The van der Waals surface area contributed by atoms with Crippen LogP contribution in [0.1, 0.15) is 47.0 Å². The van der Waals surface area contributed by atoms with Crippen molar-refractivity contribution in [3.8, 4) is 5.75 Å². The van der Waals surface area contributed by atoms with Gasteiger partial charge in [0, 0.05) is 29.2 Å². The Morgan fingerprint density at radius 2 is 1.97 bits per heavy atom. The monoisotopic (exact) mass is 389 g/mol. The highest BCUT2D eigenvalue weighted by Crippen LogP contribution is 2.39. The average Bonchev–Trinajstić information content (AvgIpc) is 3.24. The largest absolute Gasteiger partial charge is 0.504 e. The predicted molar refractivity (Wildman–Crippen MR) is 111 cm³/mol. The van der Waals surface area contributed by atoms with Gasteiger partial charge in [0.1, 0.15) is 0 Å². The van der Waals surface area contributed by atoms with E-state index in [1.54, 1.807) is 24.6 Å². The number of nitrogens with zero attached hydrogens (tertiary/aromatic N) is 2. The Kier molecular flexibility index (Phi) is 4.64. The maximum absolute atomic E-state index is 11.7. The van der Waals surface area contributed by atoms with Crippen LogP contribution in [0.3, 0.4) is 0 Å². The quantitative estimate of drug-likeness (QED) is 0.553. The molecule has 1 aliphatic heterocycles. The predicted octanol–water partition coefficient (Wildman–Crippen LogP) is 5.20. The summed E-state index contributed by atoms with van der Waals surface area (Å²) in [5, 5.41) is 23.0. The summed E-state index contributed by atoms with van der Waals surface area (Å²) in [6.45, 7) is 4.19. The van der Waals surface area contributed by atoms with E-state index in [9.17, 15) is 15.0 Å². The molecule has 0 saturated heterocycles. The summed E-state index contributed by atoms with van der Waals surface area (Å²) >= 11 is 0. The summed E-state index contributed by atoms with van der Waals surface area (Å²) in [7, 11) is 0. The number of nitrogens with one attached hydrogen (secondary N) is 1.